The highest BCUT2D eigenvalue weighted by atomic mass is 32.2. The van der Waals surface area contributed by atoms with Crippen LogP contribution in [-0.2, 0) is 13.6 Å². The average molecular weight is 220 g/mol. The van der Waals surface area contributed by atoms with E-state index in [2.05, 4.69) is 0 Å². The molecule has 0 amide bonds. The van der Waals surface area contributed by atoms with E-state index < -0.39 is 0 Å². The third kappa shape index (κ3) is 1.40. The van der Waals surface area contributed by atoms with Crippen LogP contribution in [0.25, 0.3) is 11.0 Å². The molecule has 4 heteroatoms. The minimum absolute atomic E-state index is 0.101. The molecule has 0 aliphatic carbocycles. The van der Waals surface area contributed by atoms with Gasteiger partial charge in [0.2, 0.25) is 0 Å². The molecule has 2 aromatic rings. The van der Waals surface area contributed by atoms with Gasteiger partial charge >= 0.3 is 5.69 Å². The van der Waals surface area contributed by atoms with Gasteiger partial charge in [0.15, 0.2) is 0 Å². The van der Waals surface area contributed by atoms with Gasteiger partial charge in [0.05, 0.1) is 11.0 Å². The molecule has 0 spiro atoms. The molecule has 1 aliphatic heterocycles. The molecule has 1 saturated heterocycles. The number of aryl methyl sites for hydroxylation is 1. The van der Waals surface area contributed by atoms with Crippen molar-refractivity contribution in [1.29, 1.82) is 0 Å². The van der Waals surface area contributed by atoms with Gasteiger partial charge in [-0.05, 0) is 12.1 Å². The fraction of sp³-hybridized carbons (Fsp3) is 0.364. The van der Waals surface area contributed by atoms with Gasteiger partial charge in [-0.1, -0.05) is 12.1 Å². The summed E-state index contributed by atoms with van der Waals surface area (Å²) in [5.41, 5.74) is 2.18. The largest absolute Gasteiger partial charge is 0.328 e. The Hall–Kier alpha value is -1.16. The summed E-state index contributed by atoms with van der Waals surface area (Å²) in [5, 5.41) is 0.647. The maximum atomic E-state index is 12.0. The first-order chi connectivity index (χ1) is 7.27. The summed E-state index contributed by atoms with van der Waals surface area (Å²) in [4.78, 5) is 12.0. The van der Waals surface area contributed by atoms with E-state index >= 15 is 0 Å². The lowest BCUT2D eigenvalue weighted by Gasteiger charge is -1.99. The number of nitrogens with zero attached hydrogens (tertiary/aromatic N) is 2. The van der Waals surface area contributed by atoms with E-state index in [9.17, 15) is 4.79 Å². The number of fused-ring (bicyclic) bond motifs is 1. The summed E-state index contributed by atoms with van der Waals surface area (Å²) in [7, 11) is 1.83. The summed E-state index contributed by atoms with van der Waals surface area (Å²) in [5.74, 6) is 1.19. The Bertz CT molecular complexity index is 565. The van der Waals surface area contributed by atoms with Gasteiger partial charge < -0.3 is 0 Å². The Kier molecular flexibility index (Phi) is 1.92. The van der Waals surface area contributed by atoms with E-state index in [0.717, 1.165) is 17.6 Å². The average Bonchev–Trinajstić information content (AvgIpc) is 3.04. The number of hydrogen-bond acceptors (Lipinski definition) is 2. The van der Waals surface area contributed by atoms with Crippen molar-refractivity contribution in [2.45, 2.75) is 11.8 Å². The first-order valence-corrected chi connectivity index (χ1v) is 6.08. The lowest BCUT2D eigenvalue weighted by Crippen LogP contribution is -2.23. The van der Waals surface area contributed by atoms with Crippen molar-refractivity contribution in [3.63, 3.8) is 0 Å². The van der Waals surface area contributed by atoms with Crippen molar-refractivity contribution in [2.75, 3.05) is 5.75 Å². The summed E-state index contributed by atoms with van der Waals surface area (Å²) in [6.07, 6.45) is 0. The van der Waals surface area contributed by atoms with Crippen molar-refractivity contribution in [2.24, 2.45) is 7.05 Å². The van der Waals surface area contributed by atoms with Crippen molar-refractivity contribution >= 4 is 22.8 Å². The van der Waals surface area contributed by atoms with Crippen LogP contribution in [0.1, 0.15) is 0 Å². The fourth-order valence-electron chi connectivity index (χ4n) is 1.92. The smallest absolute Gasteiger partial charge is 0.295 e. The van der Waals surface area contributed by atoms with Gasteiger partial charge in [0.1, 0.15) is 0 Å². The second-order valence-electron chi connectivity index (χ2n) is 3.90. The standard InChI is InChI=1S/C11H12N2OS/c1-12-9-4-2-3-5-10(9)13(11(12)14)6-8-7-15-8/h2-5,8H,6-7H2,1H3/t8-/m1/s1. The maximum absolute atomic E-state index is 12.0. The SMILES string of the molecule is Cn1c(=O)n(C[C@@H]2CS2)c2ccccc21. The van der Waals surface area contributed by atoms with E-state index in [1.54, 1.807) is 4.57 Å². The first kappa shape index (κ1) is 9.09. The number of para-hydroxylation sites is 2. The minimum Gasteiger partial charge on any atom is -0.295 e. The monoisotopic (exact) mass is 220 g/mol. The van der Waals surface area contributed by atoms with Crippen molar-refractivity contribution in [1.82, 2.24) is 9.13 Å². The highest BCUT2D eigenvalue weighted by Crippen LogP contribution is 2.31. The van der Waals surface area contributed by atoms with Crippen LogP contribution in [0.3, 0.4) is 0 Å². The van der Waals surface area contributed by atoms with Crippen molar-refractivity contribution in [3.05, 3.63) is 34.7 Å². The van der Waals surface area contributed by atoms with Crippen LogP contribution in [0.4, 0.5) is 0 Å². The summed E-state index contributed by atoms with van der Waals surface area (Å²) in [6, 6.07) is 7.97. The number of aromatic nitrogens is 2. The van der Waals surface area contributed by atoms with E-state index in [1.165, 1.54) is 5.75 Å². The van der Waals surface area contributed by atoms with Gasteiger partial charge in [-0.15, -0.1) is 0 Å². The van der Waals surface area contributed by atoms with E-state index in [4.69, 9.17) is 0 Å². The van der Waals surface area contributed by atoms with Crippen molar-refractivity contribution in [3.8, 4) is 0 Å². The molecule has 2 heterocycles. The van der Waals surface area contributed by atoms with Gasteiger partial charge in [-0.3, -0.25) is 9.13 Å². The molecule has 1 aromatic carbocycles. The Morgan fingerprint density at radius 1 is 1.40 bits per heavy atom. The Balaban J connectivity index is 2.25. The van der Waals surface area contributed by atoms with E-state index in [0.29, 0.717) is 5.25 Å². The second-order valence-corrected chi connectivity index (χ2v) is 5.23. The Morgan fingerprint density at radius 2 is 2.07 bits per heavy atom. The normalized spacial score (nSPS) is 19.7. The topological polar surface area (TPSA) is 26.9 Å². The quantitative estimate of drug-likeness (QED) is 0.716. The summed E-state index contributed by atoms with van der Waals surface area (Å²) >= 11 is 1.92. The zero-order valence-electron chi connectivity index (χ0n) is 8.51. The number of rotatable bonds is 2. The van der Waals surface area contributed by atoms with Gasteiger partial charge in [0.25, 0.3) is 0 Å². The third-order valence-corrected chi connectivity index (χ3v) is 3.79. The first-order valence-electron chi connectivity index (χ1n) is 5.03. The molecule has 15 heavy (non-hydrogen) atoms. The van der Waals surface area contributed by atoms with Crippen LogP contribution in [0.5, 0.6) is 0 Å². The van der Waals surface area contributed by atoms with Crippen molar-refractivity contribution < 1.29 is 0 Å². The lowest BCUT2D eigenvalue weighted by atomic mass is 10.3. The summed E-state index contributed by atoms with van der Waals surface area (Å²) in [6.45, 7) is 0.852. The lowest BCUT2D eigenvalue weighted by molar-refractivity contribution is 0.685. The Labute approximate surface area is 91.7 Å². The molecule has 1 aromatic heterocycles. The highest BCUT2D eigenvalue weighted by molar-refractivity contribution is 8.06. The zero-order valence-corrected chi connectivity index (χ0v) is 9.33. The second kappa shape index (κ2) is 3.17. The molecule has 0 radical (unpaired) electrons. The third-order valence-electron chi connectivity index (χ3n) is 2.84. The predicted molar refractivity (Wildman–Crippen MR) is 63.4 cm³/mol. The molecular formula is C11H12N2OS. The van der Waals surface area contributed by atoms with Crippen LogP contribution >= 0.6 is 11.8 Å². The molecular weight excluding hydrogens is 208 g/mol. The molecule has 3 rings (SSSR count). The molecule has 0 unspecified atom stereocenters. The summed E-state index contributed by atoms with van der Waals surface area (Å²) < 4.78 is 3.61. The predicted octanol–water partition coefficient (Wildman–Crippen LogP) is 1.46. The number of benzene rings is 1. The van der Waals surface area contributed by atoms with Crippen LogP contribution in [-0.4, -0.2) is 20.1 Å². The molecule has 1 atom stereocenters. The van der Waals surface area contributed by atoms with E-state index in [1.807, 2.05) is 47.6 Å². The molecule has 78 valence electrons. The van der Waals surface area contributed by atoms with Crippen LogP contribution < -0.4 is 5.69 Å². The maximum Gasteiger partial charge on any atom is 0.328 e. The van der Waals surface area contributed by atoms with Crippen LogP contribution in [0.2, 0.25) is 0 Å². The van der Waals surface area contributed by atoms with Gasteiger partial charge in [-0.25, -0.2) is 4.79 Å². The minimum atomic E-state index is 0.101. The van der Waals surface area contributed by atoms with E-state index in [-0.39, 0.29) is 5.69 Å². The Morgan fingerprint density at radius 3 is 2.73 bits per heavy atom. The van der Waals surface area contributed by atoms with Gasteiger partial charge in [0, 0.05) is 24.6 Å². The molecule has 0 N–H and O–H groups in total. The zero-order chi connectivity index (χ0) is 10.4. The number of hydrogen-bond donors (Lipinski definition) is 0. The molecule has 0 bridgehead atoms. The van der Waals surface area contributed by atoms with Crippen LogP contribution in [0.15, 0.2) is 29.1 Å². The highest BCUT2D eigenvalue weighted by Gasteiger charge is 2.24. The fourth-order valence-corrected chi connectivity index (χ4v) is 2.41. The molecule has 1 fully saturated rings. The number of imidazole rings is 1. The molecule has 1 aliphatic rings. The number of thioether (sulfide) groups is 1. The van der Waals surface area contributed by atoms with Crippen LogP contribution in [0, 0.1) is 0 Å². The molecule has 3 nitrogen and oxygen atoms in total. The molecule has 0 saturated carbocycles. The van der Waals surface area contributed by atoms with Gasteiger partial charge in [-0.2, -0.15) is 11.8 Å².